The second kappa shape index (κ2) is 9.18. The van der Waals surface area contributed by atoms with Crippen LogP contribution in [0, 0.1) is 5.92 Å². The number of thioether (sulfide) groups is 2. The van der Waals surface area contributed by atoms with E-state index in [1.165, 1.54) is 0 Å². The molecule has 3 rings (SSSR count). The van der Waals surface area contributed by atoms with Crippen molar-refractivity contribution >= 4 is 59.9 Å². The van der Waals surface area contributed by atoms with Crippen molar-refractivity contribution in [1.82, 2.24) is 30.4 Å². The first kappa shape index (κ1) is 24.2. The summed E-state index contributed by atoms with van der Waals surface area (Å²) >= 11 is 5.17. The fourth-order valence-corrected chi connectivity index (χ4v) is 5.74. The van der Waals surface area contributed by atoms with Gasteiger partial charge < -0.3 is 15.5 Å². The number of halogens is 3. The zero-order chi connectivity index (χ0) is 23.8. The van der Waals surface area contributed by atoms with Gasteiger partial charge in [-0.25, -0.2) is 9.48 Å². The Hall–Kier alpha value is -2.47. The van der Waals surface area contributed by atoms with Crippen molar-refractivity contribution in [3.8, 4) is 0 Å². The topological polar surface area (TPSA) is 168 Å². The number of hydrogen-bond acceptors (Lipinski definition) is 10. The van der Waals surface area contributed by atoms with Crippen molar-refractivity contribution in [2.24, 2.45) is 5.92 Å². The van der Waals surface area contributed by atoms with Gasteiger partial charge in [-0.2, -0.15) is 25.8 Å². The van der Waals surface area contributed by atoms with Crippen molar-refractivity contribution < 1.29 is 42.6 Å². The minimum absolute atomic E-state index is 0.0147. The Morgan fingerprint density at radius 2 is 1.97 bits per heavy atom. The third-order valence-electron chi connectivity index (χ3n) is 4.31. The van der Waals surface area contributed by atoms with Gasteiger partial charge >= 0.3 is 18.1 Å². The third kappa shape index (κ3) is 4.65. The molecule has 0 spiro atoms. The van der Waals surface area contributed by atoms with Crippen LogP contribution in [-0.4, -0.2) is 87.5 Å². The van der Waals surface area contributed by atoms with Crippen LogP contribution in [0.15, 0.2) is 16.4 Å². The van der Waals surface area contributed by atoms with E-state index in [9.17, 15) is 37.5 Å². The monoisotopic (exact) mass is 514 g/mol. The van der Waals surface area contributed by atoms with Gasteiger partial charge in [-0.05, 0) is 10.4 Å². The lowest BCUT2D eigenvalue weighted by Crippen LogP contribution is -2.67. The van der Waals surface area contributed by atoms with E-state index in [1.807, 2.05) is 0 Å². The number of rotatable bonds is 8. The highest BCUT2D eigenvalue weighted by molar-refractivity contribution is 8.01. The average molecular weight is 514 g/mol. The quantitative estimate of drug-likeness (QED) is 0.203. The van der Waals surface area contributed by atoms with E-state index in [4.69, 9.17) is 5.11 Å². The average Bonchev–Trinajstić information content (AvgIpc) is 3.10. The van der Waals surface area contributed by atoms with Crippen molar-refractivity contribution in [2.45, 2.75) is 28.6 Å². The minimum Gasteiger partial charge on any atom is -0.480 e. The lowest BCUT2D eigenvalue weighted by molar-refractivity contribution is -0.214. The van der Waals surface area contributed by atoms with Gasteiger partial charge in [0.25, 0.3) is 0 Å². The molecule has 3 heterocycles. The van der Waals surface area contributed by atoms with Crippen LogP contribution < -0.4 is 5.32 Å². The smallest absolute Gasteiger partial charge is 0.403 e. The summed E-state index contributed by atoms with van der Waals surface area (Å²) in [6.45, 7) is -0.589. The van der Waals surface area contributed by atoms with E-state index in [-0.39, 0.29) is 22.2 Å². The normalized spacial score (nSPS) is 22.9. The molecule has 174 valence electrons. The largest absolute Gasteiger partial charge is 0.480 e. The number of carboxylic acid groups (broad SMARTS) is 2. The van der Waals surface area contributed by atoms with Crippen molar-refractivity contribution in [3.05, 3.63) is 11.3 Å². The molecule has 12 nitrogen and oxygen atoms in total. The number of aliphatic carboxylic acids is 2. The number of nitrogens with one attached hydrogen (secondary N) is 1. The Labute approximate surface area is 190 Å². The number of tetrazole rings is 1. The summed E-state index contributed by atoms with van der Waals surface area (Å²) in [5, 5.41) is 28.6. The third-order valence-corrected chi connectivity index (χ3v) is 7.04. The predicted molar refractivity (Wildman–Crippen MR) is 104 cm³/mol. The summed E-state index contributed by atoms with van der Waals surface area (Å²) in [5.41, 5.74) is -0.758. The van der Waals surface area contributed by atoms with E-state index >= 15 is 0 Å². The summed E-state index contributed by atoms with van der Waals surface area (Å²) in [6, 6.07) is 0. The molecule has 0 saturated carbocycles. The molecule has 1 saturated heterocycles. The number of carbonyl (C=O) groups is 4. The first-order valence-electron chi connectivity index (χ1n) is 8.48. The number of fused-ring (bicyclic) bond motifs is 1. The Kier molecular flexibility index (Phi) is 6.94. The maximum atomic E-state index is 13.3. The highest BCUT2D eigenvalue weighted by atomic mass is 32.2. The molecule has 1 fully saturated rings. The van der Waals surface area contributed by atoms with Gasteiger partial charge in [-0.1, -0.05) is 11.8 Å². The summed E-state index contributed by atoms with van der Waals surface area (Å²) < 4.78 is 40.8. The second-order valence-corrected chi connectivity index (χ2v) is 8.83. The molecule has 0 aliphatic carbocycles. The van der Waals surface area contributed by atoms with Crippen LogP contribution in [0.2, 0.25) is 0 Å². The Morgan fingerprint density at radius 3 is 2.53 bits per heavy atom. The molecule has 3 atom stereocenters. The maximum absolute atomic E-state index is 13.3. The standard InChI is InChI=1S/C14H13F3N6O6S3/c15-14(16,17)7-10(27)23-8(12(28)29)4(9(32-11(7)23)18-5(24)2-30)3-31-13-19-20-21-22(13)1-6(25)26/h7,9,11,30H,1-3H2,(H,18,24)(H,25,26)(H,28,29)/t7?,9?,11-/m1/s1. The number of carbonyl (C=O) groups excluding carboxylic acids is 2. The zero-order valence-corrected chi connectivity index (χ0v) is 18.0. The van der Waals surface area contributed by atoms with Gasteiger partial charge in [0.1, 0.15) is 23.0 Å². The highest BCUT2D eigenvalue weighted by Crippen LogP contribution is 2.52. The molecule has 1 aromatic heterocycles. The number of hydrogen-bond donors (Lipinski definition) is 4. The number of amides is 2. The van der Waals surface area contributed by atoms with Gasteiger partial charge in [0.15, 0.2) is 5.92 Å². The molecule has 2 amide bonds. The van der Waals surface area contributed by atoms with Crippen LogP contribution >= 0.6 is 36.2 Å². The first-order valence-corrected chi connectivity index (χ1v) is 11.0. The molecule has 32 heavy (non-hydrogen) atoms. The summed E-state index contributed by atoms with van der Waals surface area (Å²) in [4.78, 5) is 47.4. The lowest BCUT2D eigenvalue weighted by atomic mass is 9.94. The Bertz CT molecular complexity index is 1000. The van der Waals surface area contributed by atoms with Crippen LogP contribution in [0.1, 0.15) is 0 Å². The fraction of sp³-hybridized carbons (Fsp3) is 0.500. The van der Waals surface area contributed by atoms with Gasteiger partial charge in [0.2, 0.25) is 17.0 Å². The molecule has 0 aromatic carbocycles. The number of thiol groups is 1. The van der Waals surface area contributed by atoms with E-state index in [2.05, 4.69) is 33.5 Å². The summed E-state index contributed by atoms with van der Waals surface area (Å²) in [5.74, 6) is -7.97. The maximum Gasteiger partial charge on any atom is 0.403 e. The van der Waals surface area contributed by atoms with Crippen molar-refractivity contribution in [1.29, 1.82) is 0 Å². The second-order valence-electron chi connectivity index (χ2n) is 6.34. The predicted octanol–water partition coefficient (Wildman–Crippen LogP) is -0.346. The van der Waals surface area contributed by atoms with Crippen LogP contribution in [0.3, 0.4) is 0 Å². The van der Waals surface area contributed by atoms with E-state index < -0.39 is 58.8 Å². The van der Waals surface area contributed by atoms with E-state index in [0.29, 0.717) is 16.7 Å². The molecule has 2 unspecified atom stereocenters. The molecule has 18 heteroatoms. The molecule has 3 N–H and O–H groups in total. The molecule has 2 aliphatic heterocycles. The highest BCUT2D eigenvalue weighted by Gasteiger charge is 2.65. The number of nitrogens with zero attached hydrogens (tertiary/aromatic N) is 5. The number of β-lactam (4-membered cyclic amide) rings is 1. The number of carboxylic acids is 2. The molecular formula is C14H13F3N6O6S3. The molecule has 1 aromatic rings. The van der Waals surface area contributed by atoms with Crippen molar-refractivity contribution in [3.63, 3.8) is 0 Å². The fourth-order valence-electron chi connectivity index (χ4n) is 3.01. The Morgan fingerprint density at radius 1 is 1.28 bits per heavy atom. The van der Waals surface area contributed by atoms with E-state index in [0.717, 1.165) is 16.4 Å². The van der Waals surface area contributed by atoms with Crippen LogP contribution in [0.25, 0.3) is 0 Å². The van der Waals surface area contributed by atoms with Crippen LogP contribution in [0.5, 0.6) is 0 Å². The zero-order valence-electron chi connectivity index (χ0n) is 15.5. The summed E-state index contributed by atoms with van der Waals surface area (Å²) in [6.07, 6.45) is -4.89. The first-order chi connectivity index (χ1) is 15.0. The molecule has 0 radical (unpaired) electrons. The van der Waals surface area contributed by atoms with Crippen LogP contribution in [-0.2, 0) is 25.7 Å². The lowest BCUT2D eigenvalue weighted by Gasteiger charge is -2.51. The summed E-state index contributed by atoms with van der Waals surface area (Å²) in [7, 11) is 0. The molecule has 2 aliphatic rings. The van der Waals surface area contributed by atoms with Gasteiger partial charge in [0, 0.05) is 11.3 Å². The number of aromatic nitrogens is 4. The minimum atomic E-state index is -4.89. The van der Waals surface area contributed by atoms with E-state index in [1.54, 1.807) is 0 Å². The molecule has 0 bridgehead atoms. The van der Waals surface area contributed by atoms with Gasteiger partial charge in [0.05, 0.1) is 5.75 Å². The molecular weight excluding hydrogens is 501 g/mol. The van der Waals surface area contributed by atoms with Crippen LogP contribution in [0.4, 0.5) is 13.2 Å². The Balaban J connectivity index is 1.97. The SMILES string of the molecule is O=C(O)Cn1nnnc1SCC1=C(C(=O)O)N2C(=O)C(C(F)(F)F)[C@H]2SC1NC(=O)CS. The number of alkyl halides is 3. The van der Waals surface area contributed by atoms with Crippen molar-refractivity contribution in [2.75, 3.05) is 11.5 Å². The van der Waals surface area contributed by atoms with Gasteiger partial charge in [-0.3, -0.25) is 19.3 Å². The van der Waals surface area contributed by atoms with Gasteiger partial charge in [-0.15, -0.1) is 16.9 Å².